The van der Waals surface area contributed by atoms with Gasteiger partial charge in [-0.1, -0.05) is 64.2 Å². The number of hydrogen-bond acceptors (Lipinski definition) is 5. The molecule has 1 aliphatic heterocycles. The zero-order valence-corrected chi connectivity index (χ0v) is 18.3. The second-order valence-electron chi connectivity index (χ2n) is 8.74. The number of hydrogen-bond donors (Lipinski definition) is 1. The molecule has 1 saturated heterocycles. The molecule has 1 N–H and O–H groups in total. The van der Waals surface area contributed by atoms with Crippen LogP contribution in [0.5, 0.6) is 17.2 Å². The fourth-order valence-electron chi connectivity index (χ4n) is 3.41. The highest BCUT2D eigenvalue weighted by Crippen LogP contribution is 2.61. The van der Waals surface area contributed by atoms with Crippen molar-refractivity contribution in [2.75, 3.05) is 7.11 Å². The lowest BCUT2D eigenvalue weighted by Crippen LogP contribution is -2.51. The van der Waals surface area contributed by atoms with E-state index in [1.54, 1.807) is 6.07 Å². The Balaban J connectivity index is 1.99. The molecule has 3 rings (SSSR count). The summed E-state index contributed by atoms with van der Waals surface area (Å²) in [6.07, 6.45) is 0. The minimum Gasteiger partial charge on any atom is -0.507 e. The Hall–Kier alpha value is -2.47. The number of phenolic OH excluding ortho intramolecular Hbond substituents is 1. The van der Waals surface area contributed by atoms with Crippen molar-refractivity contribution in [1.82, 2.24) is 0 Å². The van der Waals surface area contributed by atoms with Crippen LogP contribution in [0.25, 0.3) is 0 Å². The maximum absolute atomic E-state index is 12.5. The van der Waals surface area contributed by atoms with Gasteiger partial charge in [-0.2, -0.15) is 0 Å². The maximum atomic E-state index is 12.5. The van der Waals surface area contributed by atoms with Crippen molar-refractivity contribution in [3.05, 3.63) is 53.6 Å². The number of cyclic esters (lactones) is 1. The lowest BCUT2D eigenvalue weighted by atomic mass is 10.1. The Labute approximate surface area is 167 Å². The van der Waals surface area contributed by atoms with E-state index in [4.69, 9.17) is 14.2 Å². The summed E-state index contributed by atoms with van der Waals surface area (Å²) in [5, 5.41) is 9.61. The monoisotopic (exact) mass is 400 g/mol. The zero-order valence-electron chi connectivity index (χ0n) is 17.3. The summed E-state index contributed by atoms with van der Waals surface area (Å²) in [6, 6.07) is 13.0. The third-order valence-electron chi connectivity index (χ3n) is 6.12. The normalized spacial score (nSPS) is 19.1. The Kier molecular flexibility index (Phi) is 4.96. The van der Waals surface area contributed by atoms with E-state index in [9.17, 15) is 9.90 Å². The molecule has 0 radical (unpaired) electrons. The molecule has 28 heavy (non-hydrogen) atoms. The number of aromatic hydroxyl groups is 1. The minimum atomic E-state index is -2.35. The summed E-state index contributed by atoms with van der Waals surface area (Å²) in [7, 11) is -0.826. The van der Waals surface area contributed by atoms with E-state index in [1.807, 2.05) is 30.3 Å². The van der Waals surface area contributed by atoms with Gasteiger partial charge in [0.2, 0.25) is 5.22 Å². The van der Waals surface area contributed by atoms with E-state index >= 15 is 0 Å². The number of rotatable bonds is 6. The molecule has 2 aromatic rings. The Morgan fingerprint density at radius 2 is 1.75 bits per heavy atom. The highest BCUT2D eigenvalue weighted by molar-refractivity contribution is 6.87. The van der Waals surface area contributed by atoms with Crippen molar-refractivity contribution in [2.24, 2.45) is 0 Å². The number of carbonyl (C=O) groups is 1. The van der Waals surface area contributed by atoms with E-state index in [-0.39, 0.29) is 16.8 Å². The second-order valence-corrected chi connectivity index (χ2v) is 14.2. The Morgan fingerprint density at radius 1 is 1.14 bits per heavy atom. The first-order chi connectivity index (χ1) is 13.0. The quantitative estimate of drug-likeness (QED) is 0.558. The van der Waals surface area contributed by atoms with Crippen LogP contribution in [-0.2, 0) is 21.4 Å². The number of phenols is 1. The molecular formula is C22H28O5Si. The lowest BCUT2D eigenvalue weighted by Gasteiger charge is -2.39. The van der Waals surface area contributed by atoms with Gasteiger partial charge in [-0.3, -0.25) is 0 Å². The molecular weight excluding hydrogens is 372 g/mol. The van der Waals surface area contributed by atoms with Crippen LogP contribution in [0.1, 0.15) is 31.9 Å². The van der Waals surface area contributed by atoms with E-state index in [1.165, 1.54) is 13.2 Å². The van der Waals surface area contributed by atoms with Gasteiger partial charge in [-0.15, -0.1) is 0 Å². The molecule has 0 aromatic heterocycles. The molecule has 1 fully saturated rings. The molecule has 1 heterocycles. The third-order valence-corrected chi connectivity index (χ3v) is 12.2. The Morgan fingerprint density at radius 3 is 2.25 bits per heavy atom. The van der Waals surface area contributed by atoms with Crippen molar-refractivity contribution < 1.29 is 24.1 Å². The first kappa shape index (κ1) is 20.3. The summed E-state index contributed by atoms with van der Waals surface area (Å²) >= 11 is 0. The minimum absolute atomic E-state index is 0.0434. The van der Waals surface area contributed by atoms with Crippen LogP contribution in [0, 0.1) is 0 Å². The van der Waals surface area contributed by atoms with E-state index in [0.29, 0.717) is 23.7 Å². The van der Waals surface area contributed by atoms with E-state index < -0.39 is 13.3 Å². The first-order valence-electron chi connectivity index (χ1n) is 9.36. The van der Waals surface area contributed by atoms with Crippen molar-refractivity contribution in [1.29, 1.82) is 0 Å². The highest BCUT2D eigenvalue weighted by atomic mass is 28.3. The average Bonchev–Trinajstić information content (AvgIpc) is 3.31. The summed E-state index contributed by atoms with van der Waals surface area (Å²) in [5.74, 6) is 0.530. The highest BCUT2D eigenvalue weighted by Gasteiger charge is 2.74. The molecule has 150 valence electrons. The van der Waals surface area contributed by atoms with Crippen LogP contribution < -0.4 is 9.47 Å². The first-order valence-corrected chi connectivity index (χ1v) is 12.4. The Bertz CT molecular complexity index is 886. The van der Waals surface area contributed by atoms with Gasteiger partial charge in [0.25, 0.3) is 0 Å². The van der Waals surface area contributed by atoms with Crippen molar-refractivity contribution in [3.8, 4) is 17.2 Å². The molecule has 0 bridgehead atoms. The van der Waals surface area contributed by atoms with Crippen molar-refractivity contribution in [2.45, 2.75) is 50.7 Å². The SMILES string of the molecule is COc1cc(OCc2ccccc2)cc(O)c1C1([Si](C)(C)C(C)(C)C)OC1=O. The van der Waals surface area contributed by atoms with Gasteiger partial charge < -0.3 is 19.3 Å². The van der Waals surface area contributed by atoms with Gasteiger partial charge in [0.15, 0.2) is 0 Å². The fourth-order valence-corrected chi connectivity index (χ4v) is 6.20. The van der Waals surface area contributed by atoms with E-state index in [0.717, 1.165) is 5.56 Å². The number of methoxy groups -OCH3 is 1. The maximum Gasteiger partial charge on any atom is 0.352 e. The average molecular weight is 401 g/mol. The van der Waals surface area contributed by atoms with Crippen LogP contribution in [0.2, 0.25) is 18.1 Å². The molecule has 1 aliphatic rings. The third kappa shape index (κ3) is 3.15. The summed E-state index contributed by atoms with van der Waals surface area (Å²) < 4.78 is 17.0. The second kappa shape index (κ2) is 6.85. The molecule has 0 aliphatic carbocycles. The molecule has 6 heteroatoms. The van der Waals surface area contributed by atoms with Gasteiger partial charge >= 0.3 is 5.97 Å². The summed E-state index contributed by atoms with van der Waals surface area (Å²) in [6.45, 7) is 10.9. The molecule has 1 atom stereocenters. The van der Waals surface area contributed by atoms with Crippen LogP contribution in [0.4, 0.5) is 0 Å². The smallest absolute Gasteiger partial charge is 0.352 e. The molecule has 5 nitrogen and oxygen atoms in total. The summed E-state index contributed by atoms with van der Waals surface area (Å²) in [4.78, 5) is 12.5. The van der Waals surface area contributed by atoms with Crippen LogP contribution >= 0.6 is 0 Å². The van der Waals surface area contributed by atoms with Crippen molar-refractivity contribution in [3.63, 3.8) is 0 Å². The predicted molar refractivity (Wildman–Crippen MR) is 110 cm³/mol. The van der Waals surface area contributed by atoms with Crippen LogP contribution in [-0.4, -0.2) is 26.3 Å². The standard InChI is InChI=1S/C22H28O5Si/c1-21(2,3)28(5,6)22(20(24)27-22)19-17(23)12-16(13-18(19)25-4)26-14-15-10-8-7-9-11-15/h7-13,23H,14H2,1-6H3. The van der Waals surface area contributed by atoms with Gasteiger partial charge in [0.1, 0.15) is 31.9 Å². The van der Waals surface area contributed by atoms with Crippen molar-refractivity contribution >= 4 is 14.0 Å². The topological polar surface area (TPSA) is 68.3 Å². The van der Waals surface area contributed by atoms with Gasteiger partial charge in [-0.05, 0) is 10.6 Å². The molecule has 0 saturated carbocycles. The number of epoxide rings is 1. The van der Waals surface area contributed by atoms with Gasteiger partial charge in [0, 0.05) is 12.1 Å². The molecule has 0 spiro atoms. The largest absolute Gasteiger partial charge is 0.507 e. The fraction of sp³-hybridized carbons (Fsp3) is 0.409. The summed E-state index contributed by atoms with van der Waals surface area (Å²) in [5.41, 5.74) is 1.43. The molecule has 0 amide bonds. The number of carbonyl (C=O) groups excluding carboxylic acids is 1. The molecule has 2 aromatic carbocycles. The van der Waals surface area contributed by atoms with Crippen LogP contribution in [0.3, 0.4) is 0 Å². The molecule has 1 unspecified atom stereocenters. The van der Waals surface area contributed by atoms with Gasteiger partial charge in [0.05, 0.1) is 12.7 Å². The number of benzene rings is 2. The lowest BCUT2D eigenvalue weighted by molar-refractivity contribution is -0.117. The predicted octanol–water partition coefficient (Wildman–Crippen LogP) is 4.78. The zero-order chi connectivity index (χ0) is 20.7. The number of ether oxygens (including phenoxy) is 3. The van der Waals surface area contributed by atoms with Crippen LogP contribution in [0.15, 0.2) is 42.5 Å². The van der Waals surface area contributed by atoms with Gasteiger partial charge in [-0.25, -0.2) is 4.79 Å². The van der Waals surface area contributed by atoms with E-state index in [2.05, 4.69) is 33.9 Å².